The van der Waals surface area contributed by atoms with Crippen LogP contribution in [0.2, 0.25) is 26.2 Å². The summed E-state index contributed by atoms with van der Waals surface area (Å²) in [5, 5.41) is 0.687. The molecule has 0 radical (unpaired) electrons. The van der Waals surface area contributed by atoms with Gasteiger partial charge in [0.05, 0.1) is 6.61 Å². The molecule has 2 unspecified atom stereocenters. The lowest BCUT2D eigenvalue weighted by atomic mass is 9.87. The van der Waals surface area contributed by atoms with E-state index in [9.17, 15) is 0 Å². The number of epoxide rings is 2. The van der Waals surface area contributed by atoms with Crippen LogP contribution >= 0.6 is 0 Å². The molecule has 27 heavy (non-hydrogen) atoms. The second-order valence-electron chi connectivity index (χ2n) is 10.4. The van der Waals surface area contributed by atoms with E-state index in [0.717, 1.165) is 25.0 Å². The first-order chi connectivity index (χ1) is 12.8. The Bertz CT molecular complexity index is 472. The first kappa shape index (κ1) is 22.0. The maximum absolute atomic E-state index is 5.96. The fraction of sp³-hybridized carbons (Fsp3) is 1.00. The van der Waals surface area contributed by atoms with E-state index in [4.69, 9.17) is 9.47 Å². The van der Waals surface area contributed by atoms with E-state index in [1.165, 1.54) is 64.2 Å². The molecule has 4 aliphatic rings. The summed E-state index contributed by atoms with van der Waals surface area (Å²) in [7, 11) is 2.62. The number of hydrogen-bond donors (Lipinski definition) is 0. The molecule has 0 aromatic rings. The number of hydrogen-bond acceptors (Lipinski definition) is 2. The summed E-state index contributed by atoms with van der Waals surface area (Å²) in [5.41, 5.74) is 0. The lowest BCUT2D eigenvalue weighted by molar-refractivity contribution is 0.0740. The van der Waals surface area contributed by atoms with Gasteiger partial charge in [0, 0.05) is 19.7 Å². The zero-order chi connectivity index (χ0) is 19.7. The summed E-state index contributed by atoms with van der Waals surface area (Å²) in [5.74, 6) is 1.76. The van der Waals surface area contributed by atoms with Crippen molar-refractivity contribution in [3.63, 3.8) is 0 Å². The second-order valence-corrected chi connectivity index (χ2v) is 17.9. The Kier molecular flexibility index (Phi) is 7.00. The van der Waals surface area contributed by atoms with Crippen molar-refractivity contribution in [2.75, 3.05) is 27.4 Å². The molecule has 2 aliphatic carbocycles. The third-order valence-electron chi connectivity index (χ3n) is 8.33. The summed E-state index contributed by atoms with van der Waals surface area (Å²) in [6.07, 6.45) is 14.3. The Hall–Kier alpha value is 0.314. The third kappa shape index (κ3) is 4.42. The average Bonchev–Trinajstić information content (AvgIpc) is 3.57. The standard InChI is InChI=1S/C12H25O2Si.C10H19OSi/c1-14(2)15(3,4)12(10-13-12)11-8-6-5-7-9-11;1-12(2)10(8-11-10)9-6-4-3-5-7-9/h11H,5-10H2,1-4H3;9H,3-8H2,1-2H3/q+1;-1. The summed E-state index contributed by atoms with van der Waals surface area (Å²) < 4.78 is 15.0. The molecule has 2 saturated carbocycles. The minimum atomic E-state index is -1.46. The molecule has 0 spiro atoms. The smallest absolute Gasteiger partial charge is 0.414 e. The molecule has 0 N–H and O–H groups in total. The van der Waals surface area contributed by atoms with Crippen molar-refractivity contribution in [3.05, 3.63) is 0 Å². The van der Waals surface area contributed by atoms with Gasteiger partial charge in [-0.2, -0.15) is 13.1 Å². The first-order valence-corrected chi connectivity index (χ1v) is 16.8. The van der Waals surface area contributed by atoms with Gasteiger partial charge in [0.2, 0.25) is 0 Å². The van der Waals surface area contributed by atoms with Crippen LogP contribution in [0.4, 0.5) is 0 Å². The van der Waals surface area contributed by atoms with Gasteiger partial charge in [0.25, 0.3) is 0 Å². The molecule has 158 valence electrons. The van der Waals surface area contributed by atoms with Crippen molar-refractivity contribution >= 4 is 17.1 Å². The van der Waals surface area contributed by atoms with Crippen molar-refractivity contribution in [2.45, 2.75) is 101 Å². The van der Waals surface area contributed by atoms with Gasteiger partial charge < -0.3 is 13.5 Å². The molecule has 5 heteroatoms. The predicted octanol–water partition coefficient (Wildman–Crippen LogP) is 5.52. The molecule has 0 bridgehead atoms. The predicted molar refractivity (Wildman–Crippen MR) is 118 cm³/mol. The van der Waals surface area contributed by atoms with E-state index >= 15 is 0 Å². The summed E-state index contributed by atoms with van der Waals surface area (Å²) in [6, 6.07) is 0. The first-order valence-electron chi connectivity index (χ1n) is 11.4. The van der Waals surface area contributed by atoms with Crippen molar-refractivity contribution in [1.82, 2.24) is 0 Å². The van der Waals surface area contributed by atoms with Crippen LogP contribution in [0.5, 0.6) is 0 Å². The SMILES string of the molecule is C[O+](C)[Si](C)(C)C1(C2CCCCC2)CO1.C[Si-](C)C1(C2CCCCC2)CO1. The van der Waals surface area contributed by atoms with E-state index in [1.807, 2.05) is 0 Å². The fourth-order valence-electron chi connectivity index (χ4n) is 5.65. The zero-order valence-corrected chi connectivity index (χ0v) is 20.9. The van der Waals surface area contributed by atoms with Gasteiger partial charge in [-0.05, 0) is 29.9 Å². The van der Waals surface area contributed by atoms with Crippen LogP contribution in [0.15, 0.2) is 0 Å². The van der Waals surface area contributed by atoms with E-state index in [-0.39, 0.29) is 14.0 Å². The van der Waals surface area contributed by atoms with Crippen molar-refractivity contribution in [3.8, 4) is 0 Å². The molecule has 2 saturated heterocycles. The van der Waals surface area contributed by atoms with Crippen LogP contribution in [0, 0.1) is 11.8 Å². The molecule has 3 nitrogen and oxygen atoms in total. The van der Waals surface area contributed by atoms with Crippen LogP contribution in [0.1, 0.15) is 64.2 Å². The second kappa shape index (κ2) is 8.59. The Morgan fingerprint density at radius 1 is 0.778 bits per heavy atom. The van der Waals surface area contributed by atoms with Crippen molar-refractivity contribution < 1.29 is 13.5 Å². The Morgan fingerprint density at radius 3 is 1.56 bits per heavy atom. The van der Waals surface area contributed by atoms with E-state index < -0.39 is 8.32 Å². The van der Waals surface area contributed by atoms with E-state index in [0.29, 0.717) is 5.22 Å². The monoisotopic (exact) mass is 412 g/mol. The van der Waals surface area contributed by atoms with Gasteiger partial charge in [0.15, 0.2) is 5.22 Å². The minimum Gasteiger partial charge on any atom is -0.522 e. The van der Waals surface area contributed by atoms with Gasteiger partial charge in [-0.3, -0.25) is 0 Å². The number of rotatable bonds is 5. The van der Waals surface area contributed by atoms with E-state index in [2.05, 4.69) is 44.5 Å². The van der Waals surface area contributed by atoms with Crippen LogP contribution in [-0.4, -0.2) is 55.0 Å². The van der Waals surface area contributed by atoms with Gasteiger partial charge >= 0.3 is 8.32 Å². The zero-order valence-electron chi connectivity index (χ0n) is 18.9. The van der Waals surface area contributed by atoms with Gasteiger partial charge in [-0.1, -0.05) is 51.4 Å². The molecule has 0 aromatic carbocycles. The van der Waals surface area contributed by atoms with Crippen LogP contribution < -0.4 is 0 Å². The number of ether oxygens (including phenoxy) is 2. The minimum absolute atomic E-state index is 0.221. The third-order valence-corrected chi connectivity index (χ3v) is 15.5. The molecule has 2 aliphatic heterocycles. The van der Waals surface area contributed by atoms with Crippen molar-refractivity contribution in [1.29, 1.82) is 0 Å². The highest BCUT2D eigenvalue weighted by Gasteiger charge is 2.70. The van der Waals surface area contributed by atoms with Crippen LogP contribution in [0.3, 0.4) is 0 Å². The lowest BCUT2D eigenvalue weighted by Gasteiger charge is -2.37. The van der Waals surface area contributed by atoms with Gasteiger partial charge in [0.1, 0.15) is 14.2 Å². The molecule has 4 fully saturated rings. The van der Waals surface area contributed by atoms with Crippen LogP contribution in [0.25, 0.3) is 0 Å². The van der Waals surface area contributed by atoms with Crippen molar-refractivity contribution in [2.24, 2.45) is 11.8 Å². The highest BCUT2D eigenvalue weighted by Crippen LogP contribution is 2.50. The van der Waals surface area contributed by atoms with Gasteiger partial charge in [-0.15, -0.1) is 0 Å². The highest BCUT2D eigenvalue weighted by atomic mass is 28.4. The highest BCUT2D eigenvalue weighted by molar-refractivity contribution is 6.75. The average molecular weight is 413 g/mol. The molecular formula is C22H44O3Si2. The molecule has 2 atom stereocenters. The molecule has 4 rings (SSSR count). The van der Waals surface area contributed by atoms with Crippen LogP contribution in [-0.2, 0) is 13.5 Å². The summed E-state index contributed by atoms with van der Waals surface area (Å²) in [6.45, 7) is 11.8. The normalized spacial score (nSPS) is 35.1. The molecule has 2 heterocycles. The summed E-state index contributed by atoms with van der Waals surface area (Å²) >= 11 is 0. The lowest BCUT2D eigenvalue weighted by Crippen LogP contribution is -2.56. The Balaban J connectivity index is 0.000000159. The maximum atomic E-state index is 5.96. The topological polar surface area (TPSA) is 27.8 Å². The molecule has 0 aromatic heterocycles. The Morgan fingerprint density at radius 2 is 1.22 bits per heavy atom. The Labute approximate surface area is 171 Å². The quantitative estimate of drug-likeness (QED) is 0.338. The summed E-state index contributed by atoms with van der Waals surface area (Å²) in [4.78, 5) is 0. The fourth-order valence-corrected chi connectivity index (χ4v) is 10.1. The van der Waals surface area contributed by atoms with E-state index in [1.54, 1.807) is 0 Å². The maximum Gasteiger partial charge on any atom is 0.414 e. The molecular weight excluding hydrogens is 368 g/mol. The van der Waals surface area contributed by atoms with Gasteiger partial charge in [-0.25, -0.2) is 8.80 Å². The molecule has 0 amide bonds. The largest absolute Gasteiger partial charge is 0.522 e.